The van der Waals surface area contributed by atoms with Gasteiger partial charge in [-0.15, -0.1) is 0 Å². The van der Waals surface area contributed by atoms with Crippen LogP contribution in [-0.2, 0) is 17.8 Å². The molecule has 2 N–H and O–H groups in total. The number of carbonyl (C=O) groups excluding carboxylic acids is 2. The maximum Gasteiger partial charge on any atom is 0.259 e. The van der Waals surface area contributed by atoms with E-state index in [2.05, 4.69) is 40.7 Å². The quantitative estimate of drug-likeness (QED) is 0.605. The second kappa shape index (κ2) is 7.95. The third-order valence-electron chi connectivity index (χ3n) is 5.99. The Bertz CT molecular complexity index is 1130. The number of hydrogen-bond acceptors (Lipinski definition) is 4. The molecule has 1 saturated carbocycles. The van der Waals surface area contributed by atoms with Crippen LogP contribution in [0.4, 0.5) is 17.1 Å². The molecule has 158 valence electrons. The van der Waals surface area contributed by atoms with Gasteiger partial charge >= 0.3 is 0 Å². The monoisotopic (exact) mass is 415 g/mol. The zero-order valence-corrected chi connectivity index (χ0v) is 17.4. The highest BCUT2D eigenvalue weighted by molar-refractivity contribution is 6.05. The van der Waals surface area contributed by atoms with E-state index in [9.17, 15) is 9.59 Å². The van der Waals surface area contributed by atoms with E-state index in [1.54, 1.807) is 18.4 Å². The molecule has 0 saturated heterocycles. The molecule has 5 rings (SSSR count). The van der Waals surface area contributed by atoms with Crippen LogP contribution in [0.2, 0.25) is 0 Å². The number of nitrogens with zero attached hydrogens (tertiary/aromatic N) is 1. The van der Waals surface area contributed by atoms with Crippen molar-refractivity contribution in [2.45, 2.75) is 38.8 Å². The Morgan fingerprint density at radius 2 is 1.81 bits per heavy atom. The highest BCUT2D eigenvalue weighted by Crippen LogP contribution is 2.34. The fourth-order valence-corrected chi connectivity index (χ4v) is 4.15. The van der Waals surface area contributed by atoms with Gasteiger partial charge in [-0.05, 0) is 62.1 Å². The Morgan fingerprint density at radius 1 is 1.03 bits per heavy atom. The summed E-state index contributed by atoms with van der Waals surface area (Å²) < 4.78 is 5.70. The largest absolute Gasteiger partial charge is 0.467 e. The molecule has 6 nitrogen and oxygen atoms in total. The number of amides is 2. The maximum atomic E-state index is 13.0. The Labute approximate surface area is 181 Å². The molecule has 1 aromatic heterocycles. The van der Waals surface area contributed by atoms with E-state index in [4.69, 9.17) is 4.42 Å². The molecular weight excluding hydrogens is 390 g/mol. The number of benzene rings is 2. The van der Waals surface area contributed by atoms with Gasteiger partial charge in [0, 0.05) is 29.0 Å². The van der Waals surface area contributed by atoms with Crippen molar-refractivity contribution in [1.82, 2.24) is 0 Å². The molecule has 3 aromatic rings. The highest BCUT2D eigenvalue weighted by Gasteiger charge is 2.30. The van der Waals surface area contributed by atoms with Crippen molar-refractivity contribution in [3.63, 3.8) is 0 Å². The van der Waals surface area contributed by atoms with E-state index in [0.717, 1.165) is 19.3 Å². The lowest BCUT2D eigenvalue weighted by Gasteiger charge is -2.24. The fraction of sp³-hybridized carbons (Fsp3) is 0.280. The lowest BCUT2D eigenvalue weighted by atomic mass is 10.1. The summed E-state index contributed by atoms with van der Waals surface area (Å²) in [7, 11) is 0. The predicted molar refractivity (Wildman–Crippen MR) is 120 cm³/mol. The van der Waals surface area contributed by atoms with E-state index in [1.165, 1.54) is 11.3 Å². The number of rotatable bonds is 6. The topological polar surface area (TPSA) is 74.6 Å². The minimum absolute atomic E-state index is 0.0422. The van der Waals surface area contributed by atoms with E-state index >= 15 is 0 Å². The molecule has 2 aromatic carbocycles. The Balaban J connectivity index is 1.29. The lowest BCUT2D eigenvalue weighted by Crippen LogP contribution is -2.29. The van der Waals surface area contributed by atoms with Crippen LogP contribution < -0.4 is 15.5 Å². The van der Waals surface area contributed by atoms with Crippen LogP contribution in [0.1, 0.15) is 41.4 Å². The molecule has 2 amide bonds. The van der Waals surface area contributed by atoms with Gasteiger partial charge in [0.1, 0.15) is 5.76 Å². The van der Waals surface area contributed by atoms with Gasteiger partial charge < -0.3 is 20.0 Å². The van der Waals surface area contributed by atoms with Crippen molar-refractivity contribution in [2.75, 3.05) is 15.5 Å². The van der Waals surface area contributed by atoms with Crippen LogP contribution in [0.15, 0.2) is 65.3 Å². The van der Waals surface area contributed by atoms with Crippen molar-refractivity contribution >= 4 is 28.9 Å². The van der Waals surface area contributed by atoms with Gasteiger partial charge in [-0.2, -0.15) is 0 Å². The first kappa shape index (κ1) is 19.4. The van der Waals surface area contributed by atoms with Crippen molar-refractivity contribution in [3.8, 4) is 0 Å². The van der Waals surface area contributed by atoms with Gasteiger partial charge in [0.25, 0.3) is 5.91 Å². The van der Waals surface area contributed by atoms with E-state index in [-0.39, 0.29) is 17.7 Å². The summed E-state index contributed by atoms with van der Waals surface area (Å²) in [6.07, 6.45) is 4.44. The van der Waals surface area contributed by atoms with Crippen LogP contribution >= 0.6 is 0 Å². The van der Waals surface area contributed by atoms with Crippen LogP contribution in [0.25, 0.3) is 0 Å². The van der Waals surface area contributed by atoms with Crippen LogP contribution in [0.5, 0.6) is 0 Å². The van der Waals surface area contributed by atoms with Crippen molar-refractivity contribution in [2.24, 2.45) is 5.92 Å². The van der Waals surface area contributed by atoms with Gasteiger partial charge in [0.2, 0.25) is 5.91 Å². The lowest BCUT2D eigenvalue weighted by molar-refractivity contribution is -0.117. The standard InChI is InChI=1S/C25H25N3O3/c1-16-13-18-5-2-3-8-22(18)28(16)15-23-21(11-12-31-23)25(30)27-20-7-4-6-19(14-20)26-24(29)17-9-10-17/h2-8,11-12,14,16-17H,9-10,13,15H2,1H3,(H,26,29)(H,27,30). The van der Waals surface area contributed by atoms with Crippen LogP contribution in [0, 0.1) is 5.92 Å². The average molecular weight is 415 g/mol. The zero-order chi connectivity index (χ0) is 21.4. The van der Waals surface area contributed by atoms with Crippen LogP contribution in [0.3, 0.4) is 0 Å². The van der Waals surface area contributed by atoms with Crippen molar-refractivity contribution < 1.29 is 14.0 Å². The number of para-hydroxylation sites is 1. The number of nitrogens with one attached hydrogen (secondary N) is 2. The van der Waals surface area contributed by atoms with Crippen molar-refractivity contribution in [3.05, 3.63) is 77.7 Å². The number of hydrogen-bond donors (Lipinski definition) is 2. The molecule has 6 heteroatoms. The number of furan rings is 1. The van der Waals surface area contributed by atoms with Gasteiger partial charge in [0.15, 0.2) is 0 Å². The number of carbonyl (C=O) groups is 2. The fourth-order valence-electron chi connectivity index (χ4n) is 4.15. The predicted octanol–water partition coefficient (Wildman–Crippen LogP) is 4.83. The number of fused-ring (bicyclic) bond motifs is 1. The van der Waals surface area contributed by atoms with Gasteiger partial charge in [0.05, 0.1) is 18.4 Å². The van der Waals surface area contributed by atoms with Crippen LogP contribution in [-0.4, -0.2) is 17.9 Å². The summed E-state index contributed by atoms with van der Waals surface area (Å²) in [5.74, 6) is 0.583. The van der Waals surface area contributed by atoms with E-state index < -0.39 is 0 Å². The molecule has 1 unspecified atom stereocenters. The minimum atomic E-state index is -0.227. The summed E-state index contributed by atoms with van der Waals surface area (Å²) in [5, 5.41) is 5.84. The molecule has 0 spiro atoms. The normalized spacial score (nSPS) is 17.3. The Kier molecular flexibility index (Phi) is 4.98. The molecule has 2 aliphatic rings. The number of anilines is 3. The third-order valence-corrected chi connectivity index (χ3v) is 5.99. The maximum absolute atomic E-state index is 13.0. The molecule has 1 atom stereocenters. The van der Waals surface area contributed by atoms with E-state index in [1.807, 2.05) is 24.3 Å². The second-order valence-corrected chi connectivity index (χ2v) is 8.37. The molecule has 0 radical (unpaired) electrons. The van der Waals surface area contributed by atoms with Gasteiger partial charge in [-0.1, -0.05) is 24.3 Å². The molecule has 1 aliphatic heterocycles. The molecule has 2 heterocycles. The molecular formula is C25H25N3O3. The van der Waals surface area contributed by atoms with Crippen molar-refractivity contribution in [1.29, 1.82) is 0 Å². The first-order valence-electron chi connectivity index (χ1n) is 10.7. The SMILES string of the molecule is CC1Cc2ccccc2N1Cc1occc1C(=O)Nc1cccc(NC(=O)C2CC2)c1. The molecule has 1 aliphatic carbocycles. The zero-order valence-electron chi connectivity index (χ0n) is 17.4. The summed E-state index contributed by atoms with van der Waals surface area (Å²) in [6.45, 7) is 2.72. The smallest absolute Gasteiger partial charge is 0.259 e. The average Bonchev–Trinajstić information content (AvgIpc) is 3.43. The molecule has 0 bridgehead atoms. The molecule has 31 heavy (non-hydrogen) atoms. The summed E-state index contributed by atoms with van der Waals surface area (Å²) in [6, 6.07) is 17.6. The Morgan fingerprint density at radius 3 is 2.61 bits per heavy atom. The third kappa shape index (κ3) is 4.06. The first-order chi connectivity index (χ1) is 15.1. The van der Waals surface area contributed by atoms with E-state index in [0.29, 0.717) is 35.3 Å². The summed E-state index contributed by atoms with van der Waals surface area (Å²) >= 11 is 0. The first-order valence-corrected chi connectivity index (χ1v) is 10.7. The summed E-state index contributed by atoms with van der Waals surface area (Å²) in [4.78, 5) is 27.3. The second-order valence-electron chi connectivity index (χ2n) is 8.37. The highest BCUT2D eigenvalue weighted by atomic mass is 16.3. The molecule has 1 fully saturated rings. The minimum Gasteiger partial charge on any atom is -0.467 e. The van der Waals surface area contributed by atoms with Gasteiger partial charge in [-0.25, -0.2) is 0 Å². The van der Waals surface area contributed by atoms with Gasteiger partial charge in [-0.3, -0.25) is 9.59 Å². The Hall–Kier alpha value is -3.54. The summed E-state index contributed by atoms with van der Waals surface area (Å²) in [5.41, 5.74) is 4.34.